The minimum Gasteiger partial charge on any atom is -0.463 e. The minimum absolute atomic E-state index is 0.0798. The van der Waals surface area contributed by atoms with Gasteiger partial charge in [-0.15, -0.1) is 0 Å². The van der Waals surface area contributed by atoms with Gasteiger partial charge in [-0.1, -0.05) is 26.8 Å². The lowest BCUT2D eigenvalue weighted by Crippen LogP contribution is -2.44. The first-order valence-electron chi connectivity index (χ1n) is 9.23. The number of hydrogen-bond acceptors (Lipinski definition) is 6. The Kier molecular flexibility index (Phi) is 6.72. The second-order valence-electron chi connectivity index (χ2n) is 8.10. The van der Waals surface area contributed by atoms with E-state index in [1.54, 1.807) is 6.92 Å². The molecule has 6 nitrogen and oxygen atoms in total. The summed E-state index contributed by atoms with van der Waals surface area (Å²) in [5.41, 5.74) is 7.89. The van der Waals surface area contributed by atoms with E-state index < -0.39 is 20.3 Å². The molecular weight excluding hydrogens is 362 g/mol. The third kappa shape index (κ3) is 5.34. The highest BCUT2D eigenvalue weighted by molar-refractivity contribution is 6.74. The van der Waals surface area contributed by atoms with Gasteiger partial charge in [0.05, 0.1) is 19.3 Å². The molecule has 1 atom stereocenters. The lowest BCUT2D eigenvalue weighted by atomic mass is 9.98. The van der Waals surface area contributed by atoms with Gasteiger partial charge >= 0.3 is 5.97 Å². The lowest BCUT2D eigenvalue weighted by Gasteiger charge is -2.37. The van der Waals surface area contributed by atoms with Gasteiger partial charge in [0, 0.05) is 6.08 Å². The minimum atomic E-state index is -1.95. The highest BCUT2D eigenvalue weighted by atomic mass is 28.4. The van der Waals surface area contributed by atoms with Crippen molar-refractivity contribution in [2.24, 2.45) is 5.73 Å². The van der Waals surface area contributed by atoms with Crippen molar-refractivity contribution in [1.29, 1.82) is 0 Å². The van der Waals surface area contributed by atoms with Gasteiger partial charge in [0.1, 0.15) is 0 Å². The summed E-state index contributed by atoms with van der Waals surface area (Å²) in [7, 11) is -1.95. The van der Waals surface area contributed by atoms with Crippen molar-refractivity contribution in [3.05, 3.63) is 29.8 Å². The second kappa shape index (κ2) is 8.46. The number of esters is 1. The summed E-state index contributed by atoms with van der Waals surface area (Å²) >= 11 is 0. The zero-order valence-electron chi connectivity index (χ0n) is 17.1. The van der Waals surface area contributed by atoms with E-state index in [0.717, 1.165) is 5.56 Å². The molecule has 0 bridgehead atoms. The van der Waals surface area contributed by atoms with E-state index in [2.05, 4.69) is 33.9 Å². The normalized spacial score (nSPS) is 15.6. The molecule has 2 rings (SSSR count). The summed E-state index contributed by atoms with van der Waals surface area (Å²) in [6, 6.07) is 5.05. The van der Waals surface area contributed by atoms with E-state index in [-0.39, 0.29) is 11.8 Å². The highest BCUT2D eigenvalue weighted by Crippen LogP contribution is 2.38. The van der Waals surface area contributed by atoms with Crippen molar-refractivity contribution in [1.82, 2.24) is 0 Å². The molecule has 0 fully saturated rings. The number of hydrogen-bond donors (Lipinski definition) is 1. The van der Waals surface area contributed by atoms with E-state index in [1.165, 1.54) is 6.08 Å². The molecule has 7 heteroatoms. The van der Waals surface area contributed by atoms with Crippen molar-refractivity contribution in [3.63, 3.8) is 0 Å². The van der Waals surface area contributed by atoms with Crippen LogP contribution in [-0.2, 0) is 14.0 Å². The van der Waals surface area contributed by atoms with Crippen molar-refractivity contribution in [3.8, 4) is 11.5 Å². The molecule has 0 aromatic heterocycles. The van der Waals surface area contributed by atoms with Gasteiger partial charge in [0.25, 0.3) is 0 Å². The fraction of sp³-hybridized carbons (Fsp3) is 0.550. The molecule has 150 valence electrons. The van der Waals surface area contributed by atoms with Crippen LogP contribution in [0.4, 0.5) is 0 Å². The summed E-state index contributed by atoms with van der Waals surface area (Å²) in [4.78, 5) is 12.1. The van der Waals surface area contributed by atoms with E-state index >= 15 is 0 Å². The smallest absolute Gasteiger partial charge is 0.331 e. The average Bonchev–Trinajstić information content (AvgIpc) is 3.04. The van der Waals surface area contributed by atoms with Gasteiger partial charge in [0.15, 0.2) is 19.8 Å². The Hall–Kier alpha value is -1.83. The standard InChI is InChI=1S/C20H31NO5Si/c1-7-23-19(22)11-15(14-8-9-17-18(10-14)25-13-24-17)16(21)12-26-27(5,6)20(2,3)4/h8-11,16H,7,12-13,21H2,1-6H3/b15-11+. The molecule has 0 radical (unpaired) electrons. The van der Waals surface area contributed by atoms with Crippen LogP contribution in [0.2, 0.25) is 18.1 Å². The number of carbonyl (C=O) groups is 1. The van der Waals surface area contributed by atoms with Crippen LogP contribution in [0.1, 0.15) is 33.3 Å². The number of nitrogens with two attached hydrogens (primary N) is 1. The van der Waals surface area contributed by atoms with E-state index in [1.807, 2.05) is 18.2 Å². The zero-order chi connectivity index (χ0) is 20.2. The number of rotatable bonds is 7. The molecule has 2 N–H and O–H groups in total. The monoisotopic (exact) mass is 393 g/mol. The molecule has 0 saturated carbocycles. The lowest BCUT2D eigenvalue weighted by molar-refractivity contribution is -0.137. The molecule has 0 saturated heterocycles. The Balaban J connectivity index is 2.26. The van der Waals surface area contributed by atoms with Crippen LogP contribution in [0.3, 0.4) is 0 Å². The summed E-state index contributed by atoms with van der Waals surface area (Å²) in [6.45, 7) is 13.5. The predicted octanol–water partition coefficient (Wildman–Crippen LogP) is 3.71. The maximum Gasteiger partial charge on any atom is 0.331 e. The fourth-order valence-corrected chi connectivity index (χ4v) is 3.43. The first kappa shape index (κ1) is 21.5. The van der Waals surface area contributed by atoms with Gasteiger partial charge < -0.3 is 24.4 Å². The van der Waals surface area contributed by atoms with Crippen LogP contribution in [0.25, 0.3) is 5.57 Å². The summed E-state index contributed by atoms with van der Waals surface area (Å²) in [5.74, 6) is 0.896. The van der Waals surface area contributed by atoms with Crippen LogP contribution < -0.4 is 15.2 Å². The molecule has 1 heterocycles. The Labute approximate surface area is 162 Å². The van der Waals surface area contributed by atoms with Crippen molar-refractivity contribution >= 4 is 19.9 Å². The van der Waals surface area contributed by atoms with Gasteiger partial charge in [-0.25, -0.2) is 4.79 Å². The molecule has 0 amide bonds. The molecule has 0 aliphatic carbocycles. The number of fused-ring (bicyclic) bond motifs is 1. The van der Waals surface area contributed by atoms with E-state index in [0.29, 0.717) is 30.3 Å². The Bertz CT molecular complexity index is 709. The first-order valence-corrected chi connectivity index (χ1v) is 12.1. The second-order valence-corrected chi connectivity index (χ2v) is 12.9. The number of carbonyl (C=O) groups excluding carboxylic acids is 1. The van der Waals surface area contributed by atoms with Crippen LogP contribution in [0, 0.1) is 0 Å². The predicted molar refractivity (Wildman–Crippen MR) is 108 cm³/mol. The van der Waals surface area contributed by atoms with Crippen LogP contribution >= 0.6 is 0 Å². The van der Waals surface area contributed by atoms with Gasteiger partial charge in [-0.3, -0.25) is 0 Å². The SMILES string of the molecule is CCOC(=O)/C=C(\c1ccc2c(c1)OCO2)C(N)CO[Si](C)(C)C(C)(C)C. The van der Waals surface area contributed by atoms with Gasteiger partial charge in [-0.2, -0.15) is 0 Å². The number of benzene rings is 1. The first-order chi connectivity index (χ1) is 12.5. The fourth-order valence-electron chi connectivity index (χ4n) is 2.40. The summed E-state index contributed by atoms with van der Waals surface area (Å²) in [5, 5.41) is 0.0798. The van der Waals surface area contributed by atoms with Crippen molar-refractivity contribution in [2.45, 2.75) is 51.9 Å². The summed E-state index contributed by atoms with van der Waals surface area (Å²) < 4.78 is 22.1. The van der Waals surface area contributed by atoms with Gasteiger partial charge in [-0.05, 0) is 48.3 Å². The molecule has 1 aromatic rings. The van der Waals surface area contributed by atoms with Gasteiger partial charge in [0.2, 0.25) is 6.79 Å². The maximum absolute atomic E-state index is 12.1. The largest absolute Gasteiger partial charge is 0.463 e. The highest BCUT2D eigenvalue weighted by Gasteiger charge is 2.37. The zero-order valence-corrected chi connectivity index (χ0v) is 18.1. The Morgan fingerprint density at radius 2 is 1.96 bits per heavy atom. The van der Waals surface area contributed by atoms with Crippen LogP contribution in [0.15, 0.2) is 24.3 Å². The number of ether oxygens (including phenoxy) is 3. The Morgan fingerprint density at radius 3 is 2.59 bits per heavy atom. The quantitative estimate of drug-likeness (QED) is 0.432. The summed E-state index contributed by atoms with van der Waals surface area (Å²) in [6.07, 6.45) is 1.45. The molecular formula is C20H31NO5Si. The molecule has 1 aliphatic rings. The molecule has 1 aliphatic heterocycles. The third-order valence-corrected chi connectivity index (χ3v) is 9.60. The Morgan fingerprint density at radius 1 is 1.30 bits per heavy atom. The third-order valence-electron chi connectivity index (χ3n) is 5.10. The van der Waals surface area contributed by atoms with Crippen LogP contribution in [-0.4, -0.2) is 40.3 Å². The average molecular weight is 394 g/mol. The van der Waals surface area contributed by atoms with Crippen molar-refractivity contribution < 1.29 is 23.4 Å². The van der Waals surface area contributed by atoms with Crippen molar-refractivity contribution in [2.75, 3.05) is 20.0 Å². The van der Waals surface area contributed by atoms with E-state index in [4.69, 9.17) is 24.4 Å². The molecule has 27 heavy (non-hydrogen) atoms. The molecule has 1 unspecified atom stereocenters. The maximum atomic E-state index is 12.1. The molecule has 1 aromatic carbocycles. The topological polar surface area (TPSA) is 80.0 Å². The van der Waals surface area contributed by atoms with E-state index in [9.17, 15) is 4.79 Å². The molecule has 0 spiro atoms. The van der Waals surface area contributed by atoms with Crippen LogP contribution in [0.5, 0.6) is 11.5 Å².